The molecule has 0 saturated heterocycles. The van der Waals surface area contributed by atoms with Crippen LogP contribution in [0.4, 0.5) is 0 Å². The third kappa shape index (κ3) is 1.55. The highest BCUT2D eigenvalue weighted by Crippen LogP contribution is 1.95. The number of rotatable bonds is 2. The van der Waals surface area contributed by atoms with Gasteiger partial charge in [0.15, 0.2) is 0 Å². The van der Waals surface area contributed by atoms with Gasteiger partial charge in [-0.2, -0.15) is 0 Å². The summed E-state index contributed by atoms with van der Waals surface area (Å²) in [5, 5.41) is 2.41. The molecule has 0 fully saturated rings. The van der Waals surface area contributed by atoms with E-state index in [-0.39, 0.29) is 11.3 Å². The molecule has 0 saturated carbocycles. The van der Waals surface area contributed by atoms with E-state index in [9.17, 15) is 9.59 Å². The van der Waals surface area contributed by atoms with E-state index >= 15 is 0 Å². The number of hydrogen-bond acceptors (Lipinski definition) is 3. The van der Waals surface area contributed by atoms with Crippen molar-refractivity contribution >= 4 is 5.97 Å². The molecule has 5 nitrogen and oxygen atoms in total. The Morgan fingerprint density at radius 3 is 2.83 bits per heavy atom. The van der Waals surface area contributed by atoms with Crippen molar-refractivity contribution in [2.75, 3.05) is 6.61 Å². The topological polar surface area (TPSA) is 64.1 Å². The average molecular weight is 170 g/mol. The van der Waals surface area contributed by atoms with E-state index < -0.39 is 5.97 Å². The Morgan fingerprint density at radius 2 is 2.42 bits per heavy atom. The number of aryl methyl sites for hydroxylation is 1. The third-order valence-corrected chi connectivity index (χ3v) is 1.39. The normalized spacial score (nSPS) is 9.83. The van der Waals surface area contributed by atoms with Crippen molar-refractivity contribution in [3.8, 4) is 0 Å². The highest BCUT2D eigenvalue weighted by atomic mass is 16.5. The Labute approximate surface area is 68.9 Å². The molecule has 5 heteroatoms. The summed E-state index contributed by atoms with van der Waals surface area (Å²) in [6.07, 6.45) is 0. The Hall–Kier alpha value is -1.52. The van der Waals surface area contributed by atoms with Gasteiger partial charge < -0.3 is 4.74 Å². The minimum absolute atomic E-state index is 0.238. The van der Waals surface area contributed by atoms with Crippen molar-refractivity contribution in [1.82, 2.24) is 9.78 Å². The van der Waals surface area contributed by atoms with Crippen LogP contribution in [0.25, 0.3) is 0 Å². The summed E-state index contributed by atoms with van der Waals surface area (Å²) in [4.78, 5) is 21.8. The van der Waals surface area contributed by atoms with Crippen molar-refractivity contribution in [2.45, 2.75) is 6.92 Å². The standard InChI is InChI=1S/C7H10N2O3/c1-3-12-7(11)5-4-6(10)8-9(5)2/h4H,3H2,1-2H3,(H,8,10). The lowest BCUT2D eigenvalue weighted by atomic mass is 10.4. The molecule has 0 aliphatic heterocycles. The van der Waals surface area contributed by atoms with Crippen molar-refractivity contribution in [3.63, 3.8) is 0 Å². The van der Waals surface area contributed by atoms with Gasteiger partial charge in [0.25, 0.3) is 5.56 Å². The van der Waals surface area contributed by atoms with Crippen molar-refractivity contribution in [3.05, 3.63) is 22.1 Å². The lowest BCUT2D eigenvalue weighted by molar-refractivity contribution is 0.0513. The van der Waals surface area contributed by atoms with Gasteiger partial charge in [0, 0.05) is 13.1 Å². The smallest absolute Gasteiger partial charge is 0.356 e. The van der Waals surface area contributed by atoms with Crippen LogP contribution in [0.1, 0.15) is 17.4 Å². The van der Waals surface area contributed by atoms with Crippen LogP contribution in [-0.4, -0.2) is 22.4 Å². The van der Waals surface area contributed by atoms with Gasteiger partial charge in [0.2, 0.25) is 0 Å². The largest absolute Gasteiger partial charge is 0.461 e. The number of aromatic amines is 1. The number of aromatic nitrogens is 2. The van der Waals surface area contributed by atoms with Crippen LogP contribution in [0.15, 0.2) is 10.9 Å². The molecule has 0 unspecified atom stereocenters. The van der Waals surface area contributed by atoms with Crippen LogP contribution >= 0.6 is 0 Å². The number of nitrogens with zero attached hydrogens (tertiary/aromatic N) is 1. The quantitative estimate of drug-likeness (QED) is 0.630. The van der Waals surface area contributed by atoms with Gasteiger partial charge in [-0.25, -0.2) is 4.79 Å². The summed E-state index contributed by atoms with van der Waals surface area (Å²) in [7, 11) is 1.58. The summed E-state index contributed by atoms with van der Waals surface area (Å²) < 4.78 is 6.04. The fourth-order valence-corrected chi connectivity index (χ4v) is 0.880. The Kier molecular flexibility index (Phi) is 2.32. The van der Waals surface area contributed by atoms with Gasteiger partial charge in [-0.1, -0.05) is 0 Å². The van der Waals surface area contributed by atoms with E-state index in [1.807, 2.05) is 0 Å². The number of esters is 1. The summed E-state index contributed by atoms with van der Waals surface area (Å²) in [6.45, 7) is 2.01. The predicted octanol–water partition coefficient (Wildman–Crippen LogP) is -0.110. The van der Waals surface area contributed by atoms with E-state index in [0.717, 1.165) is 0 Å². The molecule has 0 bridgehead atoms. The molecule has 1 rings (SSSR count). The zero-order valence-corrected chi connectivity index (χ0v) is 6.96. The van der Waals surface area contributed by atoms with E-state index in [4.69, 9.17) is 4.74 Å². The molecule has 0 radical (unpaired) electrons. The summed E-state index contributed by atoms with van der Waals surface area (Å²) in [6, 6.07) is 1.21. The first kappa shape index (κ1) is 8.58. The predicted molar refractivity (Wildman–Crippen MR) is 42.0 cm³/mol. The number of carbonyl (C=O) groups is 1. The molecule has 0 amide bonds. The van der Waals surface area contributed by atoms with E-state index in [1.165, 1.54) is 10.7 Å². The Morgan fingerprint density at radius 1 is 1.75 bits per heavy atom. The van der Waals surface area contributed by atoms with Gasteiger partial charge >= 0.3 is 5.97 Å². The van der Waals surface area contributed by atoms with E-state index in [0.29, 0.717) is 6.61 Å². The van der Waals surface area contributed by atoms with Crippen molar-refractivity contribution in [2.24, 2.45) is 7.05 Å². The van der Waals surface area contributed by atoms with Gasteiger partial charge in [-0.3, -0.25) is 14.6 Å². The average Bonchev–Trinajstić information content (AvgIpc) is 2.30. The van der Waals surface area contributed by atoms with Crippen LogP contribution in [-0.2, 0) is 11.8 Å². The van der Waals surface area contributed by atoms with Crippen LogP contribution in [0.5, 0.6) is 0 Å². The number of ether oxygens (including phenoxy) is 1. The zero-order valence-electron chi connectivity index (χ0n) is 6.96. The first-order chi connectivity index (χ1) is 5.65. The molecule has 0 aromatic carbocycles. The lowest BCUT2D eigenvalue weighted by Crippen LogP contribution is -2.10. The molecular weight excluding hydrogens is 160 g/mol. The molecule has 66 valence electrons. The number of carbonyl (C=O) groups excluding carboxylic acids is 1. The molecule has 12 heavy (non-hydrogen) atoms. The first-order valence-corrected chi connectivity index (χ1v) is 3.58. The third-order valence-electron chi connectivity index (χ3n) is 1.39. The van der Waals surface area contributed by atoms with Crippen LogP contribution in [0.3, 0.4) is 0 Å². The van der Waals surface area contributed by atoms with E-state index in [1.54, 1.807) is 14.0 Å². The summed E-state index contributed by atoms with van der Waals surface area (Å²) in [5.41, 5.74) is -0.0672. The Balaban J connectivity index is 2.94. The maximum absolute atomic E-state index is 11.1. The maximum atomic E-state index is 11.1. The lowest BCUT2D eigenvalue weighted by Gasteiger charge is -2.00. The molecule has 0 aliphatic rings. The number of nitrogens with one attached hydrogen (secondary N) is 1. The SMILES string of the molecule is CCOC(=O)c1cc(=O)[nH]n1C. The van der Waals surface area contributed by atoms with Crippen LogP contribution < -0.4 is 5.56 Å². The molecule has 1 aromatic heterocycles. The number of H-pyrrole nitrogens is 1. The van der Waals surface area contributed by atoms with Crippen molar-refractivity contribution < 1.29 is 9.53 Å². The fraction of sp³-hybridized carbons (Fsp3) is 0.429. The van der Waals surface area contributed by atoms with Crippen LogP contribution in [0, 0.1) is 0 Å². The first-order valence-electron chi connectivity index (χ1n) is 3.58. The monoisotopic (exact) mass is 170 g/mol. The second kappa shape index (κ2) is 3.25. The van der Waals surface area contributed by atoms with Crippen molar-refractivity contribution in [1.29, 1.82) is 0 Å². The number of hydrogen-bond donors (Lipinski definition) is 1. The fourth-order valence-electron chi connectivity index (χ4n) is 0.880. The van der Waals surface area contributed by atoms with Gasteiger partial charge in [-0.15, -0.1) is 0 Å². The minimum atomic E-state index is -0.488. The van der Waals surface area contributed by atoms with Gasteiger partial charge in [0.1, 0.15) is 5.69 Å². The highest BCUT2D eigenvalue weighted by molar-refractivity contribution is 5.87. The van der Waals surface area contributed by atoms with Gasteiger partial charge in [0.05, 0.1) is 6.61 Å². The molecule has 0 spiro atoms. The Bertz CT molecular complexity index is 337. The van der Waals surface area contributed by atoms with E-state index in [2.05, 4.69) is 5.10 Å². The molecular formula is C7H10N2O3. The van der Waals surface area contributed by atoms with Crippen LogP contribution in [0.2, 0.25) is 0 Å². The molecule has 1 aromatic rings. The second-order valence-electron chi connectivity index (χ2n) is 2.29. The molecule has 1 N–H and O–H groups in total. The highest BCUT2D eigenvalue weighted by Gasteiger charge is 2.11. The molecule has 0 aliphatic carbocycles. The minimum Gasteiger partial charge on any atom is -0.461 e. The molecule has 1 heterocycles. The summed E-state index contributed by atoms with van der Waals surface area (Å²) in [5.74, 6) is -0.488. The molecule has 0 atom stereocenters. The zero-order chi connectivity index (χ0) is 9.14. The maximum Gasteiger partial charge on any atom is 0.356 e. The van der Waals surface area contributed by atoms with Gasteiger partial charge in [-0.05, 0) is 6.92 Å². The summed E-state index contributed by atoms with van der Waals surface area (Å²) >= 11 is 0. The second-order valence-corrected chi connectivity index (χ2v) is 2.29.